The molecule has 0 saturated heterocycles. The molecule has 1 fully saturated rings. The number of hydrogen-bond acceptors (Lipinski definition) is 0. The molecule has 0 aromatic rings. The summed E-state index contributed by atoms with van der Waals surface area (Å²) in [5.41, 5.74) is -3.03. The molecule has 0 aromatic heterocycles. The molecule has 0 radical (unpaired) electrons. The maximum atomic E-state index is 12.2. The van der Waals surface area contributed by atoms with Gasteiger partial charge in [0.2, 0.25) is 0 Å². The van der Waals surface area contributed by atoms with Crippen LogP contribution in [0, 0.1) is 0 Å². The largest absolute Gasteiger partial charge is 0.343 e. The van der Waals surface area contributed by atoms with Crippen molar-refractivity contribution >= 4 is 0 Å². The highest BCUT2D eigenvalue weighted by Gasteiger charge is 2.79. The fourth-order valence-corrected chi connectivity index (χ4v) is 0.914. The topological polar surface area (TPSA) is 0 Å². The highest BCUT2D eigenvalue weighted by Crippen LogP contribution is 2.59. The molecule has 0 aromatic carbocycles. The maximum absolute atomic E-state index is 12.2. The molecule has 6 heteroatoms. The molecule has 1 aliphatic carbocycles. The van der Waals surface area contributed by atoms with E-state index in [1.165, 1.54) is 6.92 Å². The summed E-state index contributed by atoms with van der Waals surface area (Å²) in [6, 6.07) is 0. The molecular formula is C7H10F6. The Morgan fingerprint density at radius 2 is 1.38 bits per heavy atom. The number of alkyl halides is 6. The van der Waals surface area contributed by atoms with Gasteiger partial charge in [0.1, 0.15) is 0 Å². The van der Waals surface area contributed by atoms with Gasteiger partial charge in [-0.05, 0) is 13.8 Å². The van der Waals surface area contributed by atoms with Crippen molar-refractivity contribution in [1.29, 1.82) is 0 Å². The summed E-state index contributed by atoms with van der Waals surface area (Å²) in [6.07, 6.45) is -1.38. The average molecular weight is 208 g/mol. The Hall–Kier alpha value is -0.420. The van der Waals surface area contributed by atoms with E-state index in [4.69, 9.17) is 0 Å². The minimum absolute atomic E-state index is 0.250. The molecule has 1 atom stereocenters. The van der Waals surface area contributed by atoms with Gasteiger partial charge >= 0.3 is 11.8 Å². The monoisotopic (exact) mass is 208 g/mol. The Bertz CT molecular complexity index is 158. The fraction of sp³-hybridized carbons (Fsp3) is 1.00. The maximum Gasteiger partial charge on any atom is 0.343 e. The summed E-state index contributed by atoms with van der Waals surface area (Å²) < 4.78 is 70.1. The van der Waals surface area contributed by atoms with Gasteiger partial charge in [-0.2, -0.15) is 17.6 Å². The second-order valence-electron chi connectivity index (χ2n) is 2.92. The van der Waals surface area contributed by atoms with E-state index in [1.807, 2.05) is 0 Å². The lowest BCUT2D eigenvalue weighted by atomic mass is 9.75. The molecule has 13 heavy (non-hydrogen) atoms. The average Bonchev–Trinajstić information content (AvgIpc) is 1.85. The Balaban J connectivity index is 0.000000424. The molecule has 0 aliphatic heterocycles. The Morgan fingerprint density at radius 3 is 1.38 bits per heavy atom. The van der Waals surface area contributed by atoms with Gasteiger partial charge in [-0.15, -0.1) is 0 Å². The molecule has 1 rings (SSSR count). The van der Waals surface area contributed by atoms with E-state index >= 15 is 0 Å². The number of hydrogen-bond donors (Lipinski definition) is 0. The summed E-state index contributed by atoms with van der Waals surface area (Å²) in [5, 5.41) is 0. The third-order valence-corrected chi connectivity index (χ3v) is 1.67. The molecule has 80 valence electrons. The number of halogens is 6. The van der Waals surface area contributed by atoms with E-state index < -0.39 is 23.9 Å². The molecule has 0 N–H and O–H groups in total. The van der Waals surface area contributed by atoms with Crippen LogP contribution >= 0.6 is 0 Å². The van der Waals surface area contributed by atoms with Crippen molar-refractivity contribution in [2.24, 2.45) is 0 Å². The molecule has 0 amide bonds. The van der Waals surface area contributed by atoms with E-state index in [2.05, 4.69) is 0 Å². The first-order chi connectivity index (χ1) is 5.62. The molecule has 0 heterocycles. The fourth-order valence-electron chi connectivity index (χ4n) is 0.914. The molecule has 0 bridgehead atoms. The minimum Gasteiger partial charge on any atom is -0.251 e. The first kappa shape index (κ1) is 12.6. The van der Waals surface area contributed by atoms with Crippen molar-refractivity contribution in [2.75, 3.05) is 6.67 Å². The van der Waals surface area contributed by atoms with Gasteiger partial charge in [-0.1, -0.05) is 0 Å². The summed E-state index contributed by atoms with van der Waals surface area (Å²) in [4.78, 5) is 0. The quantitative estimate of drug-likeness (QED) is 0.535. The van der Waals surface area contributed by atoms with E-state index in [1.54, 1.807) is 0 Å². The van der Waals surface area contributed by atoms with Crippen LogP contribution in [0.2, 0.25) is 0 Å². The van der Waals surface area contributed by atoms with Crippen molar-refractivity contribution in [3.8, 4) is 0 Å². The summed E-state index contributed by atoms with van der Waals surface area (Å²) >= 11 is 0. The van der Waals surface area contributed by atoms with E-state index in [-0.39, 0.29) is 6.67 Å². The van der Waals surface area contributed by atoms with Gasteiger partial charge in [0.25, 0.3) is 0 Å². The van der Waals surface area contributed by atoms with Crippen LogP contribution in [0.25, 0.3) is 0 Å². The van der Waals surface area contributed by atoms with Crippen molar-refractivity contribution in [2.45, 2.75) is 37.8 Å². The lowest BCUT2D eigenvalue weighted by molar-refractivity contribution is -0.351. The first-order valence-corrected chi connectivity index (χ1v) is 3.63. The molecule has 0 spiro atoms. The Morgan fingerprint density at radius 1 is 1.08 bits per heavy atom. The third-order valence-electron chi connectivity index (χ3n) is 1.67. The molecule has 1 aliphatic rings. The van der Waals surface area contributed by atoms with Gasteiger partial charge in [-0.3, -0.25) is 4.39 Å². The predicted octanol–water partition coefficient (Wildman–Crippen LogP) is 3.36. The standard InChI is InChI=1S/C5H5F5.C2H5F/c1-3(6)2-4(7,8)5(3,9)10;1-2-3/h2H2,1H3;2H2,1H3. The zero-order valence-corrected chi connectivity index (χ0v) is 7.18. The van der Waals surface area contributed by atoms with Crippen LogP contribution in [0.3, 0.4) is 0 Å². The second kappa shape index (κ2) is 3.38. The van der Waals surface area contributed by atoms with Crippen molar-refractivity contribution < 1.29 is 26.3 Å². The van der Waals surface area contributed by atoms with Gasteiger partial charge in [0.05, 0.1) is 13.1 Å². The highest BCUT2D eigenvalue weighted by molar-refractivity contribution is 5.12. The third kappa shape index (κ3) is 1.91. The number of rotatable bonds is 0. The van der Waals surface area contributed by atoms with E-state index in [9.17, 15) is 26.3 Å². The van der Waals surface area contributed by atoms with Crippen LogP contribution in [0.5, 0.6) is 0 Å². The molecular weight excluding hydrogens is 198 g/mol. The minimum atomic E-state index is -4.49. The van der Waals surface area contributed by atoms with Crippen molar-refractivity contribution in [1.82, 2.24) is 0 Å². The SMILES string of the molecule is CC1(F)CC(F)(F)C1(F)F.CCF. The predicted molar refractivity (Wildman–Crippen MR) is 35.7 cm³/mol. The van der Waals surface area contributed by atoms with Crippen molar-refractivity contribution in [3.63, 3.8) is 0 Å². The molecule has 1 saturated carbocycles. The van der Waals surface area contributed by atoms with Crippen LogP contribution in [0.15, 0.2) is 0 Å². The molecule has 1 unspecified atom stereocenters. The smallest absolute Gasteiger partial charge is 0.251 e. The van der Waals surface area contributed by atoms with Crippen LogP contribution in [0.4, 0.5) is 26.3 Å². The van der Waals surface area contributed by atoms with Crippen LogP contribution in [-0.4, -0.2) is 24.2 Å². The van der Waals surface area contributed by atoms with Crippen molar-refractivity contribution in [3.05, 3.63) is 0 Å². The Kier molecular flexibility index (Phi) is 3.27. The van der Waals surface area contributed by atoms with Gasteiger partial charge in [-0.25, -0.2) is 4.39 Å². The first-order valence-electron chi connectivity index (χ1n) is 3.63. The van der Waals surface area contributed by atoms with E-state index in [0.717, 1.165) is 0 Å². The molecule has 0 nitrogen and oxygen atoms in total. The summed E-state index contributed by atoms with van der Waals surface area (Å²) in [7, 11) is 0. The Labute approximate surface area is 71.9 Å². The van der Waals surface area contributed by atoms with Gasteiger partial charge in [0, 0.05) is 0 Å². The summed E-state index contributed by atoms with van der Waals surface area (Å²) in [6.45, 7) is 1.68. The lowest BCUT2D eigenvalue weighted by Crippen LogP contribution is -2.67. The van der Waals surface area contributed by atoms with E-state index in [0.29, 0.717) is 6.92 Å². The summed E-state index contributed by atoms with van der Waals surface area (Å²) in [5.74, 6) is -8.64. The van der Waals surface area contributed by atoms with Gasteiger partial charge in [0.15, 0.2) is 5.67 Å². The van der Waals surface area contributed by atoms with Crippen LogP contribution in [0.1, 0.15) is 20.3 Å². The van der Waals surface area contributed by atoms with Gasteiger partial charge < -0.3 is 0 Å². The highest BCUT2D eigenvalue weighted by atomic mass is 19.3. The lowest BCUT2D eigenvalue weighted by Gasteiger charge is -2.46. The second-order valence-corrected chi connectivity index (χ2v) is 2.92. The normalized spacial score (nSPS) is 34.2. The zero-order chi connectivity index (χ0) is 10.9. The van der Waals surface area contributed by atoms with Crippen LogP contribution in [-0.2, 0) is 0 Å². The van der Waals surface area contributed by atoms with Crippen LogP contribution < -0.4 is 0 Å². The zero-order valence-electron chi connectivity index (χ0n) is 7.18.